The number of hydrogen-bond donors (Lipinski definition) is 4. The maximum absolute atomic E-state index is 14.4. The smallest absolute Gasteiger partial charge is 0.311 e. The van der Waals surface area contributed by atoms with Gasteiger partial charge in [-0.1, -0.05) is 26.8 Å². The van der Waals surface area contributed by atoms with Gasteiger partial charge in [-0.2, -0.15) is 0 Å². The highest BCUT2D eigenvalue weighted by Crippen LogP contribution is 2.41. The third-order valence-electron chi connectivity index (χ3n) is 13.4. The van der Waals surface area contributed by atoms with Crippen molar-refractivity contribution in [3.05, 3.63) is 12.7 Å². The van der Waals surface area contributed by atoms with E-state index in [2.05, 4.69) is 6.58 Å². The van der Waals surface area contributed by atoms with E-state index in [1.807, 2.05) is 72.5 Å². The van der Waals surface area contributed by atoms with Crippen LogP contribution in [0.4, 0.5) is 0 Å². The molecular weight excluding hydrogens is 776 g/mol. The van der Waals surface area contributed by atoms with E-state index in [9.17, 15) is 25.2 Å². The fraction of sp³-hybridized carbons (Fsp3) is 0.933. The average molecular weight is 861 g/mol. The lowest BCUT2D eigenvalue weighted by molar-refractivity contribution is -0.320. The summed E-state index contributed by atoms with van der Waals surface area (Å²) in [6.45, 7) is 23.9. The molecule has 352 valence electrons. The van der Waals surface area contributed by atoms with E-state index in [4.69, 9.17) is 37.9 Å². The summed E-state index contributed by atoms with van der Waals surface area (Å²) < 4.78 is 50.7. The highest BCUT2D eigenvalue weighted by Gasteiger charge is 2.53. The van der Waals surface area contributed by atoms with Crippen LogP contribution in [0, 0.1) is 17.8 Å². The normalized spacial score (nSPS) is 44.5. The van der Waals surface area contributed by atoms with Crippen molar-refractivity contribution in [1.29, 1.82) is 0 Å². The second-order valence-electron chi connectivity index (χ2n) is 19.1. The molecule has 0 aromatic rings. The number of aliphatic hydroxyl groups is 4. The van der Waals surface area contributed by atoms with Crippen LogP contribution in [0.15, 0.2) is 12.7 Å². The summed E-state index contributed by atoms with van der Waals surface area (Å²) in [5.74, 6) is -2.54. The van der Waals surface area contributed by atoms with E-state index in [0.717, 1.165) is 12.8 Å². The van der Waals surface area contributed by atoms with Crippen molar-refractivity contribution < 1.29 is 63.1 Å². The molecule has 3 aliphatic rings. The molecule has 3 fully saturated rings. The largest absolute Gasteiger partial charge is 0.459 e. The number of carbonyl (C=O) groups is 1. The van der Waals surface area contributed by atoms with Gasteiger partial charge in [-0.15, -0.1) is 6.58 Å². The predicted octanol–water partition coefficient (Wildman–Crippen LogP) is 3.91. The van der Waals surface area contributed by atoms with Gasteiger partial charge >= 0.3 is 5.97 Å². The van der Waals surface area contributed by atoms with Crippen LogP contribution in [-0.2, 0) is 42.7 Å². The van der Waals surface area contributed by atoms with Crippen molar-refractivity contribution in [3.8, 4) is 0 Å². The molecule has 0 unspecified atom stereocenters. The number of carbonyl (C=O) groups excluding carboxylic acids is 1. The predicted molar refractivity (Wildman–Crippen MR) is 228 cm³/mol. The van der Waals surface area contributed by atoms with Gasteiger partial charge < -0.3 is 68.1 Å². The third-order valence-corrected chi connectivity index (χ3v) is 13.4. The van der Waals surface area contributed by atoms with Crippen LogP contribution >= 0.6 is 0 Å². The van der Waals surface area contributed by atoms with E-state index in [0.29, 0.717) is 32.8 Å². The molecule has 0 spiro atoms. The van der Waals surface area contributed by atoms with Crippen LogP contribution in [-0.4, -0.2) is 181 Å². The number of rotatable bonds is 15. The number of ether oxygens (including phenoxy) is 8. The second-order valence-corrected chi connectivity index (χ2v) is 19.1. The lowest BCUT2D eigenvalue weighted by Gasteiger charge is -2.49. The summed E-state index contributed by atoms with van der Waals surface area (Å²) >= 11 is 0. The van der Waals surface area contributed by atoms with Crippen LogP contribution in [0.1, 0.15) is 108 Å². The fourth-order valence-electron chi connectivity index (χ4n) is 9.72. The lowest BCUT2D eigenvalue weighted by Crippen LogP contribution is -2.61. The minimum Gasteiger partial charge on any atom is -0.459 e. The SMILES string of the molecule is C=CCOCCCCO[C@H]1[C@H](C)O[C@@H](O[C@H]2[C@H](C)[C@@H](O[C@@H]3O[C@H](C)C[C@H](N(C)C)[C@H]3O)[C@](C)(O)C[C@@H](C)CN(C)[C@H](C)[C@@H](O)[C@](C)(O)[C@@H](CC)OC(=O)[C@@H]2C)C[C@@]1(C)OC. The van der Waals surface area contributed by atoms with Gasteiger partial charge in [0.1, 0.15) is 30.0 Å². The molecule has 0 radical (unpaired) electrons. The number of cyclic esters (lactones) is 1. The molecule has 0 saturated carbocycles. The molecule has 0 aromatic carbocycles. The number of esters is 1. The van der Waals surface area contributed by atoms with E-state index < -0.39 is 96.0 Å². The van der Waals surface area contributed by atoms with Gasteiger partial charge in [0.2, 0.25) is 0 Å². The molecule has 15 heteroatoms. The summed E-state index contributed by atoms with van der Waals surface area (Å²) in [4.78, 5) is 18.3. The van der Waals surface area contributed by atoms with Gasteiger partial charge in [0.05, 0.1) is 48.1 Å². The Morgan fingerprint density at radius 2 is 1.62 bits per heavy atom. The number of unbranched alkanes of at least 4 members (excludes halogenated alkanes) is 1. The van der Waals surface area contributed by atoms with Crippen LogP contribution in [0.3, 0.4) is 0 Å². The molecule has 3 heterocycles. The Morgan fingerprint density at radius 3 is 2.22 bits per heavy atom. The number of hydrogen-bond acceptors (Lipinski definition) is 15. The van der Waals surface area contributed by atoms with Gasteiger partial charge in [-0.3, -0.25) is 4.79 Å². The van der Waals surface area contributed by atoms with E-state index in [1.165, 1.54) is 6.92 Å². The van der Waals surface area contributed by atoms with Crippen LogP contribution in [0.5, 0.6) is 0 Å². The van der Waals surface area contributed by atoms with Crippen molar-refractivity contribution >= 4 is 5.97 Å². The van der Waals surface area contributed by atoms with Crippen molar-refractivity contribution in [2.45, 2.75) is 198 Å². The van der Waals surface area contributed by atoms with Crippen molar-refractivity contribution in [1.82, 2.24) is 9.80 Å². The first-order valence-electron chi connectivity index (χ1n) is 22.3. The Balaban J connectivity index is 2.09. The van der Waals surface area contributed by atoms with Crippen LogP contribution < -0.4 is 0 Å². The lowest BCUT2D eigenvalue weighted by atomic mass is 9.77. The molecular formula is C45H84N2O13. The van der Waals surface area contributed by atoms with E-state index in [-0.39, 0.29) is 37.3 Å². The molecule has 0 amide bonds. The second kappa shape index (κ2) is 23.0. The molecule has 3 aliphatic heterocycles. The maximum atomic E-state index is 14.4. The summed E-state index contributed by atoms with van der Waals surface area (Å²) in [6.07, 6.45) is -3.95. The van der Waals surface area contributed by atoms with Gasteiger partial charge in [-0.25, -0.2) is 0 Å². The number of nitrogens with zero attached hydrogens (tertiary/aromatic N) is 2. The first-order chi connectivity index (χ1) is 27.9. The zero-order valence-corrected chi connectivity index (χ0v) is 39.4. The molecule has 0 aromatic heterocycles. The quantitative estimate of drug-likeness (QED) is 0.106. The Bertz CT molecular complexity index is 1310. The summed E-state index contributed by atoms with van der Waals surface area (Å²) in [5, 5.41) is 47.8. The summed E-state index contributed by atoms with van der Waals surface area (Å²) in [5.41, 5.74) is -4.20. The molecule has 3 rings (SSSR count). The van der Waals surface area contributed by atoms with Crippen LogP contribution in [0.25, 0.3) is 0 Å². The summed E-state index contributed by atoms with van der Waals surface area (Å²) in [6, 6.07) is -0.809. The number of aliphatic hydroxyl groups excluding tert-OH is 2. The number of likely N-dealkylation sites (N-methyl/N-ethyl adjacent to an activating group) is 2. The average Bonchev–Trinajstić information content (AvgIpc) is 3.17. The van der Waals surface area contributed by atoms with Crippen molar-refractivity contribution in [2.24, 2.45) is 17.8 Å². The van der Waals surface area contributed by atoms with E-state index >= 15 is 0 Å². The maximum Gasteiger partial charge on any atom is 0.311 e. The highest BCUT2D eigenvalue weighted by atomic mass is 16.7. The molecule has 3 saturated heterocycles. The topological polar surface area (TPSA) is 178 Å². The van der Waals surface area contributed by atoms with Gasteiger partial charge in [-0.05, 0) is 108 Å². The first kappa shape index (κ1) is 53.0. The Hall–Kier alpha value is -1.31. The fourth-order valence-corrected chi connectivity index (χ4v) is 9.72. The Morgan fingerprint density at radius 1 is 0.967 bits per heavy atom. The van der Waals surface area contributed by atoms with Crippen molar-refractivity contribution in [3.63, 3.8) is 0 Å². The van der Waals surface area contributed by atoms with Gasteiger partial charge in [0, 0.05) is 51.3 Å². The Labute approximate surface area is 361 Å². The monoisotopic (exact) mass is 861 g/mol. The first-order valence-corrected chi connectivity index (χ1v) is 22.3. The molecule has 4 N–H and O–H groups in total. The summed E-state index contributed by atoms with van der Waals surface area (Å²) in [7, 11) is 7.28. The zero-order valence-electron chi connectivity index (χ0n) is 39.4. The minimum absolute atomic E-state index is 0.142. The van der Waals surface area contributed by atoms with E-state index in [1.54, 1.807) is 34.0 Å². The standard InChI is InChI=1S/C45H84N2O13/c1-16-20-54-21-18-19-22-55-40-32(8)57-35(25-44(40,10)53-15)59-37-29(5)39(60-42-36(48)33(46(12)13)23-28(4)56-42)43(9,51)24-27(3)26-47(14)31(7)38(49)45(11,52)34(17-2)58-41(50)30(37)6/h16,27-40,42,48-49,51-52H,1,17-26H2,2-15H3/t27-,28-,29+,30-,31-,32+,33+,34-,35+,36-,37+,38-,39-,40+,42+,43-,44-,45-/m1/s1. The Kier molecular flexibility index (Phi) is 20.4. The molecule has 60 heavy (non-hydrogen) atoms. The minimum atomic E-state index is -1.80. The molecule has 0 bridgehead atoms. The van der Waals surface area contributed by atoms with Crippen LogP contribution in [0.2, 0.25) is 0 Å². The van der Waals surface area contributed by atoms with Gasteiger partial charge in [0.25, 0.3) is 0 Å². The molecule has 15 nitrogen and oxygen atoms in total. The molecule has 0 aliphatic carbocycles. The highest BCUT2D eigenvalue weighted by molar-refractivity contribution is 5.73. The zero-order chi connectivity index (χ0) is 45.3. The van der Waals surface area contributed by atoms with Crippen molar-refractivity contribution in [2.75, 3.05) is 54.6 Å². The number of methoxy groups -OCH3 is 1. The van der Waals surface area contributed by atoms with Gasteiger partial charge in [0.15, 0.2) is 12.6 Å². The molecule has 18 atom stereocenters. The third kappa shape index (κ3) is 13.4.